The number of methoxy groups -OCH3 is 1. The van der Waals surface area contributed by atoms with Gasteiger partial charge in [-0.1, -0.05) is 72.4 Å². The minimum Gasteiger partial charge on any atom is -0.472 e. The molecule has 144 valence electrons. The summed E-state index contributed by atoms with van der Waals surface area (Å²) >= 11 is 2.86. The second kappa shape index (κ2) is 10.1. The van der Waals surface area contributed by atoms with Gasteiger partial charge in [0, 0.05) is 5.75 Å². The van der Waals surface area contributed by atoms with Gasteiger partial charge in [-0.2, -0.15) is 4.98 Å². The highest BCUT2D eigenvalue weighted by Crippen LogP contribution is 2.32. The smallest absolute Gasteiger partial charge is 0.346 e. The van der Waals surface area contributed by atoms with Crippen molar-refractivity contribution >= 4 is 29.5 Å². The van der Waals surface area contributed by atoms with Crippen LogP contribution < -0.4 is 4.74 Å². The molecule has 0 N–H and O–H groups in total. The van der Waals surface area contributed by atoms with Crippen LogP contribution in [0.3, 0.4) is 0 Å². The molecule has 3 aromatic rings. The Morgan fingerprint density at radius 1 is 0.964 bits per heavy atom. The van der Waals surface area contributed by atoms with Crippen LogP contribution in [0.4, 0.5) is 0 Å². The third kappa shape index (κ3) is 5.27. The number of nitrogens with zero attached hydrogens (tertiary/aromatic N) is 2. The van der Waals surface area contributed by atoms with Crippen LogP contribution in [0.25, 0.3) is 0 Å². The van der Waals surface area contributed by atoms with Crippen molar-refractivity contribution in [1.29, 1.82) is 0 Å². The molecule has 1 heterocycles. The Hall–Kier alpha value is -2.51. The molecule has 0 bridgehead atoms. The maximum absolute atomic E-state index is 12.5. The van der Waals surface area contributed by atoms with Crippen molar-refractivity contribution in [1.82, 2.24) is 9.97 Å². The van der Waals surface area contributed by atoms with E-state index < -0.39 is 5.97 Å². The van der Waals surface area contributed by atoms with Crippen LogP contribution in [-0.2, 0) is 17.1 Å². The first-order chi connectivity index (χ1) is 13.7. The summed E-state index contributed by atoms with van der Waals surface area (Å²) in [5, 5.41) is 1.10. The van der Waals surface area contributed by atoms with E-state index in [4.69, 9.17) is 9.47 Å². The number of aromatic nitrogens is 2. The quantitative estimate of drug-likeness (QED) is 0.227. The first kappa shape index (κ1) is 20.2. The molecule has 0 amide bonds. The van der Waals surface area contributed by atoms with E-state index in [1.165, 1.54) is 30.6 Å². The van der Waals surface area contributed by atoms with Crippen molar-refractivity contribution in [3.05, 3.63) is 77.4 Å². The van der Waals surface area contributed by atoms with E-state index in [9.17, 15) is 4.79 Å². The molecule has 0 fully saturated rings. The fourth-order valence-electron chi connectivity index (χ4n) is 2.43. The largest absolute Gasteiger partial charge is 0.472 e. The molecule has 0 spiro atoms. The highest BCUT2D eigenvalue weighted by atomic mass is 32.2. The van der Waals surface area contributed by atoms with Crippen molar-refractivity contribution in [2.24, 2.45) is 0 Å². The summed E-state index contributed by atoms with van der Waals surface area (Å²) in [6.07, 6.45) is 1.89. The van der Waals surface area contributed by atoms with Gasteiger partial charge in [-0.25, -0.2) is 9.78 Å². The number of esters is 1. The lowest BCUT2D eigenvalue weighted by atomic mass is 10.2. The molecule has 7 heteroatoms. The van der Waals surface area contributed by atoms with Crippen LogP contribution in [-0.4, -0.2) is 29.3 Å². The lowest BCUT2D eigenvalue weighted by molar-refractivity contribution is 0.0588. The van der Waals surface area contributed by atoms with Crippen molar-refractivity contribution in [2.45, 2.75) is 22.5 Å². The molecule has 0 aliphatic carbocycles. The minimum atomic E-state index is -0.508. The van der Waals surface area contributed by atoms with Crippen LogP contribution in [0.15, 0.2) is 70.8 Å². The van der Waals surface area contributed by atoms with Gasteiger partial charge in [0.2, 0.25) is 5.88 Å². The molecule has 0 saturated carbocycles. The van der Waals surface area contributed by atoms with Gasteiger partial charge in [-0.05, 0) is 17.4 Å². The molecule has 2 aromatic carbocycles. The van der Waals surface area contributed by atoms with Gasteiger partial charge < -0.3 is 9.47 Å². The molecule has 0 atom stereocenters. The van der Waals surface area contributed by atoms with Crippen molar-refractivity contribution in [3.8, 4) is 5.88 Å². The Morgan fingerprint density at radius 3 is 2.21 bits per heavy atom. The van der Waals surface area contributed by atoms with Gasteiger partial charge in [0.15, 0.2) is 10.7 Å². The molecule has 0 unspecified atom stereocenters. The Balaban J connectivity index is 1.91. The molecular weight excluding hydrogens is 392 g/mol. The first-order valence-corrected chi connectivity index (χ1v) is 10.8. The summed E-state index contributed by atoms with van der Waals surface area (Å²) in [4.78, 5) is 21.4. The second-order valence-electron chi connectivity index (χ2n) is 5.74. The average Bonchev–Trinajstić information content (AvgIpc) is 2.76. The van der Waals surface area contributed by atoms with Gasteiger partial charge in [0.1, 0.15) is 11.6 Å². The Bertz CT molecular complexity index is 857. The van der Waals surface area contributed by atoms with E-state index >= 15 is 0 Å². The van der Waals surface area contributed by atoms with Gasteiger partial charge in [-0.15, -0.1) is 11.8 Å². The SMILES string of the molecule is COC(=O)c1c(OCc2ccccc2)nc(SC)nc1SCc1ccccc1. The number of carbonyl (C=O) groups is 1. The van der Waals surface area contributed by atoms with Crippen LogP contribution in [0.1, 0.15) is 21.5 Å². The summed E-state index contributed by atoms with van der Waals surface area (Å²) < 4.78 is 10.9. The number of hydrogen-bond donors (Lipinski definition) is 0. The zero-order valence-corrected chi connectivity index (χ0v) is 17.3. The minimum absolute atomic E-state index is 0.241. The molecule has 3 rings (SSSR count). The van der Waals surface area contributed by atoms with E-state index in [-0.39, 0.29) is 11.4 Å². The Morgan fingerprint density at radius 2 is 1.61 bits per heavy atom. The van der Waals surface area contributed by atoms with Gasteiger partial charge in [-0.3, -0.25) is 0 Å². The summed E-state index contributed by atoms with van der Waals surface area (Å²) in [5.41, 5.74) is 2.39. The standard InChI is InChI=1S/C21H20N2O3S2/c1-25-20(24)17-18(26-13-15-9-5-3-6-10-15)22-21(27-2)23-19(17)28-14-16-11-7-4-8-12-16/h3-12H,13-14H2,1-2H3. The average molecular weight is 413 g/mol. The zero-order valence-electron chi connectivity index (χ0n) is 15.6. The summed E-state index contributed by atoms with van der Waals surface area (Å²) in [7, 11) is 1.34. The zero-order chi connectivity index (χ0) is 19.8. The van der Waals surface area contributed by atoms with Gasteiger partial charge in [0.25, 0.3) is 0 Å². The lowest BCUT2D eigenvalue weighted by Gasteiger charge is -2.14. The normalized spacial score (nSPS) is 10.5. The third-order valence-corrected chi connectivity index (χ3v) is 5.43. The number of benzene rings is 2. The predicted octanol–water partition coefficient (Wildman–Crippen LogP) is 4.86. The molecule has 0 saturated heterocycles. The lowest BCUT2D eigenvalue weighted by Crippen LogP contribution is -2.11. The number of hydrogen-bond acceptors (Lipinski definition) is 7. The monoisotopic (exact) mass is 412 g/mol. The number of ether oxygens (including phenoxy) is 2. The predicted molar refractivity (Wildman–Crippen MR) is 112 cm³/mol. The summed E-state index contributed by atoms with van der Waals surface area (Å²) in [6.45, 7) is 0.304. The van der Waals surface area contributed by atoms with Crippen molar-refractivity contribution in [3.63, 3.8) is 0 Å². The Kier molecular flexibility index (Phi) is 7.33. The third-order valence-electron chi connectivity index (χ3n) is 3.83. The molecule has 28 heavy (non-hydrogen) atoms. The van der Waals surface area contributed by atoms with E-state index in [0.717, 1.165) is 11.1 Å². The number of rotatable bonds is 8. The van der Waals surface area contributed by atoms with Crippen LogP contribution in [0.5, 0.6) is 5.88 Å². The second-order valence-corrected chi connectivity index (χ2v) is 7.47. The van der Waals surface area contributed by atoms with E-state index in [1.807, 2.05) is 66.9 Å². The maximum Gasteiger partial charge on any atom is 0.346 e. The fraction of sp³-hybridized carbons (Fsp3) is 0.190. The maximum atomic E-state index is 12.5. The first-order valence-electron chi connectivity index (χ1n) is 8.59. The van der Waals surface area contributed by atoms with Gasteiger partial charge in [0.05, 0.1) is 7.11 Å². The number of thioether (sulfide) groups is 2. The summed E-state index contributed by atoms with van der Waals surface area (Å²) in [5.74, 6) is 0.408. The van der Waals surface area contributed by atoms with Crippen LogP contribution in [0, 0.1) is 0 Å². The molecule has 0 radical (unpaired) electrons. The summed E-state index contributed by atoms with van der Waals surface area (Å²) in [6, 6.07) is 19.8. The fourth-order valence-corrected chi connectivity index (χ4v) is 3.81. The molecule has 1 aromatic heterocycles. The van der Waals surface area contributed by atoms with Crippen LogP contribution >= 0.6 is 23.5 Å². The van der Waals surface area contributed by atoms with Crippen molar-refractivity contribution in [2.75, 3.05) is 13.4 Å². The van der Waals surface area contributed by atoms with E-state index in [0.29, 0.717) is 22.5 Å². The van der Waals surface area contributed by atoms with Gasteiger partial charge >= 0.3 is 5.97 Å². The highest BCUT2D eigenvalue weighted by Gasteiger charge is 2.23. The Labute approximate surface area is 172 Å². The van der Waals surface area contributed by atoms with Crippen LogP contribution in [0.2, 0.25) is 0 Å². The molecular formula is C21H20N2O3S2. The molecule has 0 aliphatic rings. The highest BCUT2D eigenvalue weighted by molar-refractivity contribution is 7.99. The topological polar surface area (TPSA) is 61.3 Å². The van der Waals surface area contributed by atoms with Crippen molar-refractivity contribution < 1.29 is 14.3 Å². The number of carbonyl (C=O) groups excluding carboxylic acids is 1. The van der Waals surface area contributed by atoms with E-state index in [2.05, 4.69) is 9.97 Å². The van der Waals surface area contributed by atoms with E-state index in [1.54, 1.807) is 0 Å². The molecule has 0 aliphatic heterocycles. The molecule has 5 nitrogen and oxygen atoms in total.